The molecule has 2 aromatic carbocycles. The van der Waals surface area contributed by atoms with Gasteiger partial charge in [-0.3, -0.25) is 0 Å². The number of rotatable bonds is 3. The lowest BCUT2D eigenvalue weighted by molar-refractivity contribution is 0.000668. The molecule has 1 aliphatic rings. The van der Waals surface area contributed by atoms with Crippen molar-refractivity contribution >= 4 is 10.8 Å². The maximum absolute atomic E-state index is 5.95. The van der Waals surface area contributed by atoms with Crippen LogP contribution in [-0.4, -0.2) is 19.2 Å². The van der Waals surface area contributed by atoms with E-state index in [1.807, 2.05) is 0 Å². The van der Waals surface area contributed by atoms with Gasteiger partial charge in [-0.2, -0.15) is 0 Å². The first-order valence-corrected chi connectivity index (χ1v) is 7.20. The summed E-state index contributed by atoms with van der Waals surface area (Å²) in [6.07, 6.45) is 2.44. The number of nitrogens with one attached hydrogen (secondary N) is 1. The Kier molecular flexibility index (Phi) is 3.81. The van der Waals surface area contributed by atoms with Crippen LogP contribution in [-0.2, 0) is 4.74 Å². The molecule has 0 spiro atoms. The van der Waals surface area contributed by atoms with Crippen molar-refractivity contribution in [3.05, 3.63) is 48.0 Å². The molecule has 0 bridgehead atoms. The third kappa shape index (κ3) is 2.80. The Morgan fingerprint density at radius 2 is 2.00 bits per heavy atom. The third-order valence-electron chi connectivity index (χ3n) is 3.92. The fraction of sp³-hybridized carbons (Fsp3) is 0.412. The third-order valence-corrected chi connectivity index (χ3v) is 3.92. The summed E-state index contributed by atoms with van der Waals surface area (Å²) in [7, 11) is 0. The number of hydrogen-bond donors (Lipinski definition) is 1. The largest absolute Gasteiger partial charge is 0.373 e. The smallest absolute Gasteiger partial charge is 0.0840 e. The first-order valence-electron chi connectivity index (χ1n) is 7.20. The zero-order valence-electron chi connectivity index (χ0n) is 11.4. The average Bonchev–Trinajstić information content (AvgIpc) is 2.47. The van der Waals surface area contributed by atoms with Gasteiger partial charge in [0.1, 0.15) is 0 Å². The average molecular weight is 255 g/mol. The second kappa shape index (κ2) is 5.72. The lowest BCUT2D eigenvalue weighted by atomic mass is 9.95. The monoisotopic (exact) mass is 255 g/mol. The minimum absolute atomic E-state index is 0.238. The molecule has 2 nitrogen and oxygen atoms in total. The molecule has 0 aliphatic carbocycles. The van der Waals surface area contributed by atoms with Crippen LogP contribution in [0.4, 0.5) is 0 Å². The molecule has 2 heteroatoms. The Bertz CT molecular complexity index is 550. The molecular formula is C17H21NO. The van der Waals surface area contributed by atoms with Crippen LogP contribution in [0.3, 0.4) is 0 Å². The van der Waals surface area contributed by atoms with Crippen molar-refractivity contribution in [1.29, 1.82) is 0 Å². The second-order valence-corrected chi connectivity index (χ2v) is 5.24. The molecule has 2 unspecified atom stereocenters. The van der Waals surface area contributed by atoms with E-state index in [0.29, 0.717) is 6.04 Å². The van der Waals surface area contributed by atoms with Crippen LogP contribution in [0.2, 0.25) is 0 Å². The predicted octanol–water partition coefficient (Wildman–Crippen LogP) is 3.67. The van der Waals surface area contributed by atoms with Crippen LogP contribution in [0.1, 0.15) is 31.4 Å². The molecule has 1 heterocycles. The van der Waals surface area contributed by atoms with E-state index in [-0.39, 0.29) is 6.10 Å². The van der Waals surface area contributed by atoms with Crippen molar-refractivity contribution in [2.45, 2.75) is 31.9 Å². The van der Waals surface area contributed by atoms with E-state index >= 15 is 0 Å². The quantitative estimate of drug-likeness (QED) is 0.903. The fourth-order valence-electron chi connectivity index (χ4n) is 2.91. The lowest BCUT2D eigenvalue weighted by Crippen LogP contribution is -2.35. The van der Waals surface area contributed by atoms with Gasteiger partial charge in [0, 0.05) is 12.6 Å². The highest BCUT2D eigenvalue weighted by molar-refractivity contribution is 5.83. The zero-order chi connectivity index (χ0) is 13.1. The molecule has 1 fully saturated rings. The number of hydrogen-bond acceptors (Lipinski definition) is 2. The molecule has 1 saturated heterocycles. The van der Waals surface area contributed by atoms with Crippen molar-refractivity contribution < 1.29 is 4.74 Å². The standard InChI is InChI=1S/C17H21NO/c1-2-18-16-9-10-19-17(12-16)15-8-7-13-5-3-4-6-14(13)11-15/h3-8,11,16-18H,2,9-10,12H2,1H3. The molecule has 0 radical (unpaired) electrons. The topological polar surface area (TPSA) is 21.3 Å². The summed E-state index contributed by atoms with van der Waals surface area (Å²) in [5.41, 5.74) is 1.31. The Labute approximate surface area is 114 Å². The molecule has 1 aliphatic heterocycles. The van der Waals surface area contributed by atoms with Crippen LogP contribution >= 0.6 is 0 Å². The molecule has 100 valence electrons. The van der Waals surface area contributed by atoms with Gasteiger partial charge in [-0.1, -0.05) is 43.3 Å². The SMILES string of the molecule is CCNC1CCOC(c2ccc3ccccc3c2)C1. The molecule has 0 amide bonds. The van der Waals surface area contributed by atoms with E-state index < -0.39 is 0 Å². The summed E-state index contributed by atoms with van der Waals surface area (Å²) >= 11 is 0. The van der Waals surface area contributed by atoms with Gasteiger partial charge < -0.3 is 10.1 Å². The van der Waals surface area contributed by atoms with Crippen molar-refractivity contribution in [1.82, 2.24) is 5.32 Å². The lowest BCUT2D eigenvalue weighted by Gasteiger charge is -2.30. The van der Waals surface area contributed by atoms with Crippen LogP contribution in [0.5, 0.6) is 0 Å². The van der Waals surface area contributed by atoms with Gasteiger partial charge in [0.05, 0.1) is 6.10 Å². The van der Waals surface area contributed by atoms with E-state index in [0.717, 1.165) is 26.0 Å². The van der Waals surface area contributed by atoms with Gasteiger partial charge in [0.2, 0.25) is 0 Å². The van der Waals surface area contributed by atoms with Crippen molar-refractivity contribution in [3.8, 4) is 0 Å². The molecule has 2 aromatic rings. The van der Waals surface area contributed by atoms with E-state index in [4.69, 9.17) is 4.74 Å². The normalized spacial score (nSPS) is 23.6. The van der Waals surface area contributed by atoms with Crippen LogP contribution in [0.15, 0.2) is 42.5 Å². The van der Waals surface area contributed by atoms with Crippen LogP contribution < -0.4 is 5.32 Å². The Hall–Kier alpha value is -1.38. The van der Waals surface area contributed by atoms with Gasteiger partial charge in [-0.05, 0) is 41.8 Å². The number of fused-ring (bicyclic) bond motifs is 1. The minimum atomic E-state index is 0.238. The summed E-state index contributed by atoms with van der Waals surface area (Å²) in [5.74, 6) is 0. The molecule has 2 atom stereocenters. The fourth-order valence-corrected chi connectivity index (χ4v) is 2.91. The van der Waals surface area contributed by atoms with Gasteiger partial charge >= 0.3 is 0 Å². The van der Waals surface area contributed by atoms with E-state index in [9.17, 15) is 0 Å². The van der Waals surface area contributed by atoms with Gasteiger partial charge in [-0.25, -0.2) is 0 Å². The zero-order valence-corrected chi connectivity index (χ0v) is 11.4. The first kappa shape index (κ1) is 12.6. The van der Waals surface area contributed by atoms with Gasteiger partial charge in [0.25, 0.3) is 0 Å². The van der Waals surface area contributed by atoms with Crippen LogP contribution in [0.25, 0.3) is 10.8 Å². The van der Waals surface area contributed by atoms with Crippen LogP contribution in [0, 0.1) is 0 Å². The molecule has 0 aromatic heterocycles. The van der Waals surface area contributed by atoms with E-state index in [1.54, 1.807) is 0 Å². The molecular weight excluding hydrogens is 234 g/mol. The van der Waals surface area contributed by atoms with Crippen molar-refractivity contribution in [3.63, 3.8) is 0 Å². The highest BCUT2D eigenvalue weighted by Gasteiger charge is 2.23. The summed E-state index contributed by atoms with van der Waals surface area (Å²) in [6.45, 7) is 4.06. The number of benzene rings is 2. The highest BCUT2D eigenvalue weighted by Crippen LogP contribution is 2.30. The Morgan fingerprint density at radius 3 is 2.84 bits per heavy atom. The molecule has 1 N–H and O–H groups in total. The summed E-state index contributed by atoms with van der Waals surface area (Å²) in [4.78, 5) is 0. The van der Waals surface area contributed by atoms with Gasteiger partial charge in [0.15, 0.2) is 0 Å². The summed E-state index contributed by atoms with van der Waals surface area (Å²) in [6, 6.07) is 15.8. The molecule has 19 heavy (non-hydrogen) atoms. The summed E-state index contributed by atoms with van der Waals surface area (Å²) < 4.78 is 5.95. The maximum Gasteiger partial charge on any atom is 0.0840 e. The van der Waals surface area contributed by atoms with Crippen molar-refractivity contribution in [2.75, 3.05) is 13.2 Å². The molecule has 0 saturated carbocycles. The highest BCUT2D eigenvalue weighted by atomic mass is 16.5. The van der Waals surface area contributed by atoms with E-state index in [2.05, 4.69) is 54.7 Å². The maximum atomic E-state index is 5.95. The predicted molar refractivity (Wildman–Crippen MR) is 79.3 cm³/mol. The first-order chi connectivity index (χ1) is 9.36. The minimum Gasteiger partial charge on any atom is -0.373 e. The van der Waals surface area contributed by atoms with Crippen molar-refractivity contribution in [2.24, 2.45) is 0 Å². The molecule has 3 rings (SSSR count). The van der Waals surface area contributed by atoms with Gasteiger partial charge in [-0.15, -0.1) is 0 Å². The Balaban J connectivity index is 1.83. The summed E-state index contributed by atoms with van der Waals surface area (Å²) in [5, 5.41) is 6.14. The number of ether oxygens (including phenoxy) is 1. The van der Waals surface area contributed by atoms with E-state index in [1.165, 1.54) is 16.3 Å². The Morgan fingerprint density at radius 1 is 1.16 bits per heavy atom. The second-order valence-electron chi connectivity index (χ2n) is 5.24.